The monoisotopic (exact) mass is 304 g/mol. The molecular formula is C16H16O4S. The average molecular weight is 304 g/mol. The molecule has 0 bridgehead atoms. The first-order valence-corrected chi connectivity index (χ1v) is 7.84. The van der Waals surface area contributed by atoms with Crippen LogP contribution in [0.3, 0.4) is 0 Å². The number of carbonyl (C=O) groups is 3. The van der Waals surface area contributed by atoms with Gasteiger partial charge in [0.25, 0.3) is 0 Å². The van der Waals surface area contributed by atoms with Gasteiger partial charge in [-0.25, -0.2) is 0 Å². The van der Waals surface area contributed by atoms with Crippen molar-refractivity contribution in [3.63, 3.8) is 0 Å². The molecule has 0 radical (unpaired) electrons. The Kier molecular flexibility index (Phi) is 3.71. The van der Waals surface area contributed by atoms with Crippen LogP contribution in [0.1, 0.15) is 19.8 Å². The Morgan fingerprint density at radius 2 is 2.14 bits per heavy atom. The van der Waals surface area contributed by atoms with Crippen LogP contribution >= 0.6 is 11.8 Å². The first kappa shape index (κ1) is 14.5. The van der Waals surface area contributed by atoms with Crippen LogP contribution in [0.25, 0.3) is 0 Å². The maximum Gasteiger partial charge on any atom is 0.174 e. The van der Waals surface area contributed by atoms with E-state index in [1.807, 2.05) is 12.2 Å². The van der Waals surface area contributed by atoms with Crippen molar-refractivity contribution < 1.29 is 19.1 Å². The lowest BCUT2D eigenvalue weighted by Crippen LogP contribution is -2.37. The quantitative estimate of drug-likeness (QED) is 0.730. The van der Waals surface area contributed by atoms with Gasteiger partial charge in [-0.1, -0.05) is 18.2 Å². The Hall–Kier alpha value is -1.46. The lowest BCUT2D eigenvalue weighted by atomic mass is 9.75. The topological polar surface area (TPSA) is 60.4 Å². The zero-order valence-electron chi connectivity index (χ0n) is 11.9. The highest BCUT2D eigenvalue weighted by atomic mass is 32.2. The number of hydrogen-bond acceptors (Lipinski definition) is 5. The predicted molar refractivity (Wildman–Crippen MR) is 79.8 cm³/mol. The third-order valence-corrected chi connectivity index (χ3v) is 5.63. The van der Waals surface area contributed by atoms with Gasteiger partial charge in [0.2, 0.25) is 0 Å². The Morgan fingerprint density at radius 3 is 2.81 bits per heavy atom. The number of Topliss-reactive ketones (excluding diaryl/α,β-unsaturated/α-hetero) is 3. The van der Waals surface area contributed by atoms with Gasteiger partial charge in [0.05, 0.1) is 5.25 Å². The van der Waals surface area contributed by atoms with E-state index in [0.29, 0.717) is 18.4 Å². The lowest BCUT2D eigenvalue weighted by molar-refractivity contribution is -0.129. The summed E-state index contributed by atoms with van der Waals surface area (Å²) in [5.41, 5.74) is 1.83. The van der Waals surface area contributed by atoms with Crippen LogP contribution in [-0.2, 0) is 19.1 Å². The largest absolute Gasteiger partial charge is 0.366 e. The molecule has 1 heterocycles. The molecule has 0 spiro atoms. The molecule has 3 aliphatic rings. The molecule has 1 aliphatic heterocycles. The van der Waals surface area contributed by atoms with E-state index in [-0.39, 0.29) is 28.0 Å². The van der Waals surface area contributed by atoms with Gasteiger partial charge < -0.3 is 4.74 Å². The number of allylic oxidation sites excluding steroid dienone is 4. The van der Waals surface area contributed by atoms with Crippen molar-refractivity contribution in [1.82, 2.24) is 0 Å². The van der Waals surface area contributed by atoms with Crippen molar-refractivity contribution in [2.24, 2.45) is 5.92 Å². The highest BCUT2D eigenvalue weighted by Gasteiger charge is 2.42. The molecule has 0 N–H and O–H groups in total. The first-order valence-electron chi connectivity index (χ1n) is 6.89. The van der Waals surface area contributed by atoms with E-state index < -0.39 is 5.92 Å². The van der Waals surface area contributed by atoms with E-state index in [4.69, 9.17) is 4.74 Å². The standard InChI is InChI=1S/C16H16O4S/c1-8(17)13-7-10-11(16(20-2)21-13)6-9-4-3-5-12(18)14(9)15(10)19/h3-4,6,13-14,16H,5,7H2,1-2H3/t13-,14?,16-/m0/s1. The molecule has 0 saturated carbocycles. The molecule has 0 fully saturated rings. The van der Waals surface area contributed by atoms with Crippen LogP contribution in [0.2, 0.25) is 0 Å². The zero-order chi connectivity index (χ0) is 15.1. The molecule has 1 unspecified atom stereocenters. The number of fused-ring (bicyclic) bond motifs is 1. The van der Waals surface area contributed by atoms with Gasteiger partial charge in [-0.05, 0) is 24.5 Å². The number of hydrogen-bond donors (Lipinski definition) is 0. The van der Waals surface area contributed by atoms with Crippen LogP contribution in [0.4, 0.5) is 0 Å². The van der Waals surface area contributed by atoms with Crippen molar-refractivity contribution in [2.45, 2.75) is 30.5 Å². The normalized spacial score (nSPS) is 31.7. The molecule has 21 heavy (non-hydrogen) atoms. The van der Waals surface area contributed by atoms with Crippen LogP contribution in [0.5, 0.6) is 0 Å². The fraction of sp³-hybridized carbons (Fsp3) is 0.438. The van der Waals surface area contributed by atoms with Crippen molar-refractivity contribution in [3.05, 3.63) is 34.9 Å². The summed E-state index contributed by atoms with van der Waals surface area (Å²) in [6.07, 6.45) is 6.23. The zero-order valence-corrected chi connectivity index (χ0v) is 12.7. The summed E-state index contributed by atoms with van der Waals surface area (Å²) in [4.78, 5) is 36.4. The van der Waals surface area contributed by atoms with Gasteiger partial charge in [-0.15, -0.1) is 11.8 Å². The number of ketones is 3. The Labute approximate surface area is 127 Å². The number of carbonyl (C=O) groups excluding carboxylic acids is 3. The maximum atomic E-state index is 12.7. The first-order chi connectivity index (χ1) is 10.0. The van der Waals surface area contributed by atoms with Crippen LogP contribution in [0, 0.1) is 5.92 Å². The lowest BCUT2D eigenvalue weighted by Gasteiger charge is -2.35. The number of methoxy groups -OCH3 is 1. The van der Waals surface area contributed by atoms with Crippen molar-refractivity contribution in [3.8, 4) is 0 Å². The molecule has 0 aromatic carbocycles. The fourth-order valence-corrected chi connectivity index (χ4v) is 4.25. The molecule has 4 nitrogen and oxygen atoms in total. The highest BCUT2D eigenvalue weighted by Crippen LogP contribution is 2.43. The van der Waals surface area contributed by atoms with E-state index in [2.05, 4.69) is 0 Å². The molecule has 0 aromatic rings. The third-order valence-electron chi connectivity index (χ3n) is 4.11. The van der Waals surface area contributed by atoms with Crippen LogP contribution in [0.15, 0.2) is 34.9 Å². The summed E-state index contributed by atoms with van der Waals surface area (Å²) in [7, 11) is 1.57. The second kappa shape index (κ2) is 5.39. The number of thioether (sulfide) groups is 1. The smallest absolute Gasteiger partial charge is 0.174 e. The van der Waals surface area contributed by atoms with E-state index in [9.17, 15) is 14.4 Å². The number of ether oxygens (including phenoxy) is 1. The second-order valence-electron chi connectivity index (χ2n) is 5.46. The summed E-state index contributed by atoms with van der Waals surface area (Å²) in [5.74, 6) is -0.856. The van der Waals surface area contributed by atoms with Crippen molar-refractivity contribution >= 4 is 29.1 Å². The SMILES string of the molecule is CO[C@H]1S[C@H](C(C)=O)CC2=C1C=C1C=CCC(=O)C1C2=O. The molecule has 110 valence electrons. The molecule has 5 heteroatoms. The Bertz CT molecular complexity index is 626. The molecule has 3 atom stereocenters. The Balaban J connectivity index is 2.07. The second-order valence-corrected chi connectivity index (χ2v) is 6.72. The van der Waals surface area contributed by atoms with E-state index in [1.54, 1.807) is 13.2 Å². The van der Waals surface area contributed by atoms with Gasteiger partial charge in [0.15, 0.2) is 11.6 Å². The van der Waals surface area contributed by atoms with Crippen LogP contribution < -0.4 is 0 Å². The minimum Gasteiger partial charge on any atom is -0.366 e. The molecule has 0 amide bonds. The summed E-state index contributed by atoms with van der Waals surface area (Å²) in [5, 5.41) is -0.276. The number of rotatable bonds is 2. The van der Waals surface area contributed by atoms with Gasteiger partial charge in [-0.3, -0.25) is 14.4 Å². The third kappa shape index (κ3) is 2.34. The minimum atomic E-state index is -0.679. The molecule has 0 aromatic heterocycles. The molecule has 3 rings (SSSR count). The van der Waals surface area contributed by atoms with Gasteiger partial charge in [-0.2, -0.15) is 0 Å². The fourth-order valence-electron chi connectivity index (χ4n) is 3.03. The highest BCUT2D eigenvalue weighted by molar-refractivity contribution is 8.01. The maximum absolute atomic E-state index is 12.7. The Morgan fingerprint density at radius 1 is 1.38 bits per heavy atom. The van der Waals surface area contributed by atoms with Crippen molar-refractivity contribution in [2.75, 3.05) is 7.11 Å². The summed E-state index contributed by atoms with van der Waals surface area (Å²) >= 11 is 1.43. The van der Waals surface area contributed by atoms with Crippen LogP contribution in [-0.4, -0.2) is 35.1 Å². The molecular weight excluding hydrogens is 288 g/mol. The van der Waals surface area contributed by atoms with Gasteiger partial charge in [0.1, 0.15) is 17.1 Å². The summed E-state index contributed by atoms with van der Waals surface area (Å²) in [6.45, 7) is 1.53. The van der Waals surface area contributed by atoms with E-state index >= 15 is 0 Å². The molecule has 0 saturated heterocycles. The summed E-state index contributed by atoms with van der Waals surface area (Å²) < 4.78 is 5.44. The van der Waals surface area contributed by atoms with Crippen molar-refractivity contribution in [1.29, 1.82) is 0 Å². The molecule has 2 aliphatic carbocycles. The minimum absolute atomic E-state index is 0.0334. The average Bonchev–Trinajstić information content (AvgIpc) is 2.46. The van der Waals surface area contributed by atoms with Gasteiger partial charge >= 0.3 is 0 Å². The predicted octanol–water partition coefficient (Wildman–Crippen LogP) is 2.00. The van der Waals surface area contributed by atoms with Gasteiger partial charge in [0, 0.05) is 19.1 Å². The van der Waals surface area contributed by atoms with E-state index in [1.165, 1.54) is 18.7 Å². The van der Waals surface area contributed by atoms with E-state index in [0.717, 1.165) is 11.1 Å². The summed E-state index contributed by atoms with van der Waals surface area (Å²) in [6, 6.07) is 0.